The normalized spacial score (nSPS) is 16.7. The number of hydrogen-bond donors (Lipinski definition) is 0. The maximum Gasteiger partial charge on any atom is 0.266 e. The molecule has 0 spiro atoms. The van der Waals surface area contributed by atoms with Gasteiger partial charge in [-0.05, 0) is 23.3 Å². The molecule has 1 amide bonds. The third kappa shape index (κ3) is 3.94. The molecule has 1 fully saturated rings. The van der Waals surface area contributed by atoms with Crippen molar-refractivity contribution in [2.75, 3.05) is 0 Å². The Hall–Kier alpha value is -2.24. The molecule has 0 bridgehead atoms. The predicted molar refractivity (Wildman–Crippen MR) is 98.5 cm³/mol. The maximum absolute atomic E-state index is 12.5. The number of amides is 1. The minimum absolute atomic E-state index is 0.0541. The average molecular weight is 338 g/mol. The molecule has 1 aromatic carbocycles. The van der Waals surface area contributed by atoms with Crippen molar-refractivity contribution in [2.45, 2.75) is 6.54 Å². The molecule has 114 valence electrons. The predicted octanol–water partition coefficient (Wildman–Crippen LogP) is 4.04. The molecule has 2 heterocycles. The fourth-order valence-electron chi connectivity index (χ4n) is 2.14. The summed E-state index contributed by atoms with van der Waals surface area (Å²) in [7, 11) is 0. The summed E-state index contributed by atoms with van der Waals surface area (Å²) in [6.45, 7) is 0.457. The van der Waals surface area contributed by atoms with Gasteiger partial charge in [0, 0.05) is 12.4 Å². The fourth-order valence-corrected chi connectivity index (χ4v) is 3.34. The molecule has 0 unspecified atom stereocenters. The van der Waals surface area contributed by atoms with E-state index in [0.717, 1.165) is 11.1 Å². The van der Waals surface area contributed by atoms with E-state index >= 15 is 0 Å². The highest BCUT2D eigenvalue weighted by Crippen LogP contribution is 2.32. The van der Waals surface area contributed by atoms with Crippen LogP contribution in [0.3, 0.4) is 0 Å². The second-order valence-corrected chi connectivity index (χ2v) is 6.60. The van der Waals surface area contributed by atoms with Crippen LogP contribution in [-0.2, 0) is 11.3 Å². The molecule has 1 saturated heterocycles. The molecule has 0 atom stereocenters. The van der Waals surface area contributed by atoms with Crippen LogP contribution in [-0.4, -0.2) is 20.1 Å². The van der Waals surface area contributed by atoms with Gasteiger partial charge in [0.1, 0.15) is 4.32 Å². The highest BCUT2D eigenvalue weighted by Gasteiger charge is 2.31. The summed E-state index contributed by atoms with van der Waals surface area (Å²) in [5.41, 5.74) is 2.06. The van der Waals surface area contributed by atoms with Crippen molar-refractivity contribution in [1.82, 2.24) is 9.88 Å². The van der Waals surface area contributed by atoms with Crippen LogP contribution < -0.4 is 0 Å². The lowest BCUT2D eigenvalue weighted by Gasteiger charge is -2.13. The third-order valence-electron chi connectivity index (χ3n) is 3.27. The molecule has 1 aliphatic rings. The minimum atomic E-state index is -0.0541. The third-order valence-corrected chi connectivity index (χ3v) is 4.67. The molecular formula is C18H14N2OS2. The van der Waals surface area contributed by atoms with Gasteiger partial charge in [-0.15, -0.1) is 0 Å². The number of aromatic nitrogens is 1. The molecule has 1 aromatic heterocycles. The number of thioether (sulfide) groups is 1. The number of pyridine rings is 1. The number of rotatable bonds is 4. The Balaban J connectivity index is 1.71. The topological polar surface area (TPSA) is 33.2 Å². The van der Waals surface area contributed by atoms with Gasteiger partial charge in [-0.3, -0.25) is 14.7 Å². The van der Waals surface area contributed by atoms with Gasteiger partial charge in [0.2, 0.25) is 0 Å². The van der Waals surface area contributed by atoms with Crippen LogP contribution in [0.25, 0.3) is 6.08 Å². The first-order chi connectivity index (χ1) is 11.2. The first-order valence-corrected chi connectivity index (χ1v) is 8.32. The standard InChI is InChI=1S/C18H14N2OS2/c21-17-16(10-4-8-14-6-2-1-3-7-14)23-18(22)20(17)13-15-9-5-11-19-12-15/h1-12H,13H2/b8-4+,16-10-. The van der Waals surface area contributed by atoms with Crippen LogP contribution in [0.15, 0.2) is 71.9 Å². The zero-order valence-electron chi connectivity index (χ0n) is 12.3. The number of hydrogen-bond acceptors (Lipinski definition) is 4. The SMILES string of the molecule is O=C1/C(=C/C=C/c2ccccc2)SC(=S)N1Cc1cccnc1. The van der Waals surface area contributed by atoms with Crippen molar-refractivity contribution in [2.24, 2.45) is 0 Å². The van der Waals surface area contributed by atoms with E-state index in [2.05, 4.69) is 4.98 Å². The summed E-state index contributed by atoms with van der Waals surface area (Å²) in [4.78, 5) is 18.8. The molecular weight excluding hydrogens is 324 g/mol. The number of carbonyl (C=O) groups excluding carboxylic acids is 1. The van der Waals surface area contributed by atoms with E-state index in [4.69, 9.17) is 12.2 Å². The molecule has 3 nitrogen and oxygen atoms in total. The average Bonchev–Trinajstić information content (AvgIpc) is 2.85. The maximum atomic E-state index is 12.5. The van der Waals surface area contributed by atoms with E-state index in [-0.39, 0.29) is 5.91 Å². The van der Waals surface area contributed by atoms with Crippen LogP contribution in [0.4, 0.5) is 0 Å². The molecule has 3 rings (SSSR count). The van der Waals surface area contributed by atoms with Gasteiger partial charge in [-0.1, -0.05) is 72.5 Å². The first-order valence-electron chi connectivity index (χ1n) is 7.10. The van der Waals surface area contributed by atoms with Gasteiger partial charge in [0.05, 0.1) is 11.4 Å². The van der Waals surface area contributed by atoms with Gasteiger partial charge >= 0.3 is 0 Å². The Morgan fingerprint density at radius 2 is 2.00 bits per heavy atom. The lowest BCUT2D eigenvalue weighted by atomic mass is 10.2. The second kappa shape index (κ2) is 7.35. The number of allylic oxidation sites excluding steroid dienone is 2. The number of carbonyl (C=O) groups is 1. The molecule has 5 heteroatoms. The van der Waals surface area contributed by atoms with E-state index in [9.17, 15) is 4.79 Å². The Morgan fingerprint density at radius 3 is 2.74 bits per heavy atom. The summed E-state index contributed by atoms with van der Waals surface area (Å²) in [6.07, 6.45) is 9.12. The van der Waals surface area contributed by atoms with Crippen LogP contribution in [0, 0.1) is 0 Å². The van der Waals surface area contributed by atoms with Crippen LogP contribution in [0.1, 0.15) is 11.1 Å². The monoisotopic (exact) mass is 338 g/mol. The van der Waals surface area contributed by atoms with E-state index in [0.29, 0.717) is 15.8 Å². The summed E-state index contributed by atoms with van der Waals surface area (Å²) >= 11 is 6.65. The lowest BCUT2D eigenvalue weighted by Crippen LogP contribution is -2.27. The van der Waals surface area contributed by atoms with Gasteiger partial charge in [-0.2, -0.15) is 0 Å². The second-order valence-electron chi connectivity index (χ2n) is 4.92. The van der Waals surface area contributed by atoms with Gasteiger partial charge < -0.3 is 0 Å². The van der Waals surface area contributed by atoms with Crippen LogP contribution >= 0.6 is 24.0 Å². The van der Waals surface area contributed by atoms with Crippen molar-refractivity contribution in [3.63, 3.8) is 0 Å². The molecule has 0 N–H and O–H groups in total. The van der Waals surface area contributed by atoms with Gasteiger partial charge in [-0.25, -0.2) is 0 Å². The zero-order chi connectivity index (χ0) is 16.1. The van der Waals surface area contributed by atoms with Crippen molar-refractivity contribution >= 4 is 40.3 Å². The summed E-state index contributed by atoms with van der Waals surface area (Å²) < 4.78 is 0.582. The van der Waals surface area contributed by atoms with Gasteiger partial charge in [0.25, 0.3) is 5.91 Å². The first kappa shape index (κ1) is 15.6. The van der Waals surface area contributed by atoms with Crippen molar-refractivity contribution < 1.29 is 4.79 Å². The highest BCUT2D eigenvalue weighted by molar-refractivity contribution is 8.26. The van der Waals surface area contributed by atoms with E-state index in [1.165, 1.54) is 11.8 Å². The Labute approximate surface area is 144 Å². The van der Waals surface area contributed by atoms with Crippen molar-refractivity contribution in [1.29, 1.82) is 0 Å². The molecule has 0 saturated carbocycles. The van der Waals surface area contributed by atoms with E-state index < -0.39 is 0 Å². The Morgan fingerprint density at radius 1 is 1.17 bits per heavy atom. The quantitative estimate of drug-likeness (QED) is 0.622. The van der Waals surface area contributed by atoms with Gasteiger partial charge in [0.15, 0.2) is 0 Å². The Bertz CT molecular complexity index is 770. The lowest BCUT2D eigenvalue weighted by molar-refractivity contribution is -0.122. The molecule has 23 heavy (non-hydrogen) atoms. The number of thiocarbonyl (C=S) groups is 1. The van der Waals surface area contributed by atoms with Crippen LogP contribution in [0.2, 0.25) is 0 Å². The fraction of sp³-hybridized carbons (Fsp3) is 0.0556. The number of nitrogens with zero attached hydrogens (tertiary/aromatic N) is 2. The van der Waals surface area contributed by atoms with Crippen molar-refractivity contribution in [3.8, 4) is 0 Å². The van der Waals surface area contributed by atoms with Crippen LogP contribution in [0.5, 0.6) is 0 Å². The minimum Gasteiger partial charge on any atom is -0.288 e. The zero-order valence-corrected chi connectivity index (χ0v) is 13.9. The largest absolute Gasteiger partial charge is 0.288 e. The summed E-state index contributed by atoms with van der Waals surface area (Å²) in [5.74, 6) is -0.0541. The number of benzene rings is 1. The van der Waals surface area contributed by atoms with Crippen molar-refractivity contribution in [3.05, 3.63) is 83.0 Å². The molecule has 2 aromatic rings. The molecule has 0 radical (unpaired) electrons. The molecule has 0 aliphatic carbocycles. The van der Waals surface area contributed by atoms with E-state index in [1.807, 2.05) is 60.7 Å². The smallest absolute Gasteiger partial charge is 0.266 e. The van der Waals surface area contributed by atoms with E-state index in [1.54, 1.807) is 17.3 Å². The summed E-state index contributed by atoms with van der Waals surface area (Å²) in [6, 6.07) is 13.7. The summed E-state index contributed by atoms with van der Waals surface area (Å²) in [5, 5.41) is 0. The molecule has 1 aliphatic heterocycles. The Kier molecular flexibility index (Phi) is 5.00. The highest BCUT2D eigenvalue weighted by atomic mass is 32.2.